The van der Waals surface area contributed by atoms with Crippen LogP contribution in [0.15, 0.2) is 109 Å². The summed E-state index contributed by atoms with van der Waals surface area (Å²) in [7, 11) is 4.72. The van der Waals surface area contributed by atoms with Crippen molar-refractivity contribution in [1.29, 1.82) is 0 Å². The molecule has 0 amide bonds. The van der Waals surface area contributed by atoms with Crippen LogP contribution in [-0.4, -0.2) is 60.1 Å². The molecule has 0 bridgehead atoms. The van der Waals surface area contributed by atoms with Gasteiger partial charge in [0.05, 0.1) is 39.8 Å². The number of aliphatic carboxylic acids is 2. The van der Waals surface area contributed by atoms with Crippen molar-refractivity contribution in [3.05, 3.63) is 154 Å². The number of halogens is 2. The molecular formula is C56H58F2N2O8. The molecule has 1 aliphatic heterocycles. The Hall–Kier alpha value is -6.82. The maximum Gasteiger partial charge on any atom is 0.306 e. The summed E-state index contributed by atoms with van der Waals surface area (Å²) in [4.78, 5) is 31.6. The number of rotatable bonds is 17. The third-order valence-corrected chi connectivity index (χ3v) is 13.9. The van der Waals surface area contributed by atoms with E-state index in [1.165, 1.54) is 6.07 Å². The molecular weight excluding hydrogens is 867 g/mol. The number of methoxy groups -OCH3 is 3. The number of hydrogen-bond acceptors (Lipinski definition) is 8. The second-order valence-electron chi connectivity index (χ2n) is 18.3. The van der Waals surface area contributed by atoms with Crippen LogP contribution in [0.25, 0.3) is 22.3 Å². The molecule has 5 atom stereocenters. The van der Waals surface area contributed by atoms with E-state index >= 15 is 4.39 Å². The third kappa shape index (κ3) is 11.0. The molecule has 68 heavy (non-hydrogen) atoms. The van der Waals surface area contributed by atoms with Crippen LogP contribution < -0.4 is 18.9 Å². The fourth-order valence-corrected chi connectivity index (χ4v) is 9.82. The Morgan fingerprint density at radius 2 is 1.16 bits per heavy atom. The fraction of sp³-hybridized carbons (Fsp3) is 0.357. The third-order valence-electron chi connectivity index (χ3n) is 13.9. The highest BCUT2D eigenvalue weighted by atomic mass is 19.1. The topological polar surface area (TPSA) is 137 Å². The lowest BCUT2D eigenvalue weighted by Gasteiger charge is -2.28. The van der Waals surface area contributed by atoms with Gasteiger partial charge in [-0.3, -0.25) is 9.59 Å². The van der Waals surface area contributed by atoms with Crippen LogP contribution in [0, 0.1) is 35.3 Å². The average molecular weight is 925 g/mol. The van der Waals surface area contributed by atoms with E-state index in [0.717, 1.165) is 81.7 Å². The first-order valence-electron chi connectivity index (χ1n) is 23.3. The van der Waals surface area contributed by atoms with E-state index in [-0.39, 0.29) is 29.4 Å². The first-order valence-corrected chi connectivity index (χ1v) is 23.3. The maximum absolute atomic E-state index is 15.2. The zero-order valence-electron chi connectivity index (χ0n) is 39.1. The molecule has 0 saturated heterocycles. The molecule has 2 N–H and O–H groups in total. The molecule has 0 spiro atoms. The van der Waals surface area contributed by atoms with Crippen LogP contribution >= 0.6 is 0 Å². The predicted octanol–water partition coefficient (Wildman–Crippen LogP) is 11.7. The van der Waals surface area contributed by atoms with E-state index in [9.17, 15) is 24.2 Å². The largest absolute Gasteiger partial charge is 0.496 e. The van der Waals surface area contributed by atoms with E-state index in [0.29, 0.717) is 60.6 Å². The van der Waals surface area contributed by atoms with Crippen LogP contribution in [0.4, 0.5) is 8.78 Å². The molecule has 3 aliphatic rings. The molecule has 3 heterocycles. The highest BCUT2D eigenvalue weighted by Gasteiger charge is 2.40. The lowest BCUT2D eigenvalue weighted by atomic mass is 9.81. The number of fused-ring (bicyclic) bond motifs is 1. The van der Waals surface area contributed by atoms with Crippen LogP contribution in [0.3, 0.4) is 0 Å². The number of aromatic nitrogens is 2. The second kappa shape index (κ2) is 21.0. The molecule has 2 aromatic heterocycles. The van der Waals surface area contributed by atoms with Crippen molar-refractivity contribution in [3.63, 3.8) is 0 Å². The van der Waals surface area contributed by atoms with Crippen LogP contribution in [0.1, 0.15) is 90.7 Å². The fourth-order valence-electron chi connectivity index (χ4n) is 9.82. The maximum atomic E-state index is 15.2. The predicted molar refractivity (Wildman–Crippen MR) is 256 cm³/mol. The first kappa shape index (κ1) is 47.7. The highest BCUT2D eigenvalue weighted by molar-refractivity contribution is 5.72. The summed E-state index contributed by atoms with van der Waals surface area (Å²) in [6, 6.07) is 29.7. The van der Waals surface area contributed by atoms with Gasteiger partial charge in [0, 0.05) is 30.4 Å². The van der Waals surface area contributed by atoms with Crippen molar-refractivity contribution < 1.29 is 47.5 Å². The number of carboxylic acid groups (broad SMARTS) is 2. The number of hydrogen-bond donors (Lipinski definition) is 2. The average Bonchev–Trinajstić information content (AvgIpc) is 4.31. The number of carbonyl (C=O) groups is 2. The zero-order chi connectivity index (χ0) is 48.1. The quantitative estimate of drug-likeness (QED) is 0.0909. The van der Waals surface area contributed by atoms with Gasteiger partial charge < -0.3 is 29.2 Å². The van der Waals surface area contributed by atoms with Gasteiger partial charge in [-0.05, 0) is 161 Å². The molecule has 4 aromatic carbocycles. The number of pyridine rings is 2. The van der Waals surface area contributed by atoms with Crippen LogP contribution in [-0.2, 0) is 28.9 Å². The number of ether oxygens (including phenoxy) is 4. The van der Waals surface area contributed by atoms with E-state index in [2.05, 4.69) is 22.1 Å². The highest BCUT2D eigenvalue weighted by Crippen LogP contribution is 2.49. The Kier molecular flexibility index (Phi) is 14.7. The lowest BCUT2D eigenvalue weighted by molar-refractivity contribution is -0.143. The van der Waals surface area contributed by atoms with Crippen molar-refractivity contribution >= 4 is 11.9 Å². The molecule has 12 heteroatoms. The molecule has 2 aliphatic carbocycles. The summed E-state index contributed by atoms with van der Waals surface area (Å²) in [5, 5.41) is 19.2. The molecule has 0 radical (unpaired) electrons. The minimum absolute atomic E-state index is 0.00319. The summed E-state index contributed by atoms with van der Waals surface area (Å²) < 4.78 is 52.1. The molecule has 2 saturated carbocycles. The molecule has 6 aromatic rings. The van der Waals surface area contributed by atoms with E-state index < -0.39 is 23.8 Å². The van der Waals surface area contributed by atoms with Gasteiger partial charge in [0.2, 0.25) is 11.8 Å². The van der Waals surface area contributed by atoms with Gasteiger partial charge >= 0.3 is 11.9 Å². The smallest absolute Gasteiger partial charge is 0.306 e. The number of aryl methyl sites for hydroxylation is 2. The minimum Gasteiger partial charge on any atom is -0.496 e. The van der Waals surface area contributed by atoms with Crippen molar-refractivity contribution in [3.8, 4) is 45.5 Å². The van der Waals surface area contributed by atoms with Gasteiger partial charge in [0.25, 0.3) is 0 Å². The Balaban J connectivity index is 0.000000184. The molecule has 9 rings (SSSR count). The van der Waals surface area contributed by atoms with Crippen molar-refractivity contribution in [2.75, 3.05) is 27.9 Å². The van der Waals surface area contributed by atoms with Crippen molar-refractivity contribution in [1.82, 2.24) is 9.97 Å². The molecule has 2 fully saturated rings. The molecule has 10 nitrogen and oxygen atoms in total. The zero-order valence-corrected chi connectivity index (χ0v) is 39.1. The normalized spacial score (nSPS) is 17.0. The van der Waals surface area contributed by atoms with Gasteiger partial charge in [-0.25, -0.2) is 18.7 Å². The number of carboxylic acids is 2. The van der Waals surface area contributed by atoms with E-state index in [1.54, 1.807) is 65.8 Å². The number of nitrogens with zero attached hydrogens (tertiary/aromatic N) is 2. The Morgan fingerprint density at radius 1 is 0.632 bits per heavy atom. The summed E-state index contributed by atoms with van der Waals surface area (Å²) in [6.45, 7) is 3.98. The summed E-state index contributed by atoms with van der Waals surface area (Å²) >= 11 is 0. The van der Waals surface area contributed by atoms with Crippen molar-refractivity contribution in [2.45, 2.75) is 76.5 Å². The van der Waals surface area contributed by atoms with E-state index in [4.69, 9.17) is 18.9 Å². The standard InChI is InChI=1S/C28H28FNO4.C28H30FNO4/c1-16(28(31)32)27(17-3-4-17)20-6-8-25-21(11-20)12-22(15-34-25)23-7-5-18(13-24(23)29)19-9-10-30-26(14-19)33-2;1-17(28(31)32)27(19-6-7-19)23-10-11-25(33-2)22(14-23)9-5-18-4-8-20(15-24(18)29)21-12-13-30-26(16-21)34-3/h5-11,13-14,16-17,22,27H,3-4,12,15H2,1-2H3,(H,31,32);4,8,10-17,19,27H,5-7,9H2,1-3H3,(H,31,32)/t16-,22?,27-;17-,27-/m00/s1. The van der Waals surface area contributed by atoms with Gasteiger partial charge in [0.1, 0.15) is 23.1 Å². The van der Waals surface area contributed by atoms with Crippen LogP contribution in [0.2, 0.25) is 0 Å². The Labute approximate surface area is 396 Å². The van der Waals surface area contributed by atoms with Crippen molar-refractivity contribution in [2.24, 2.45) is 23.7 Å². The van der Waals surface area contributed by atoms with Gasteiger partial charge in [0.15, 0.2) is 0 Å². The summed E-state index contributed by atoms with van der Waals surface area (Å²) in [5.41, 5.74) is 8.49. The number of benzene rings is 4. The summed E-state index contributed by atoms with van der Waals surface area (Å²) in [5.74, 6) is 0.232. The Bertz CT molecular complexity index is 2700. The first-order chi connectivity index (χ1) is 32.8. The molecule has 1 unspecified atom stereocenters. The molecule has 354 valence electrons. The lowest BCUT2D eigenvalue weighted by Crippen LogP contribution is -2.23. The van der Waals surface area contributed by atoms with Gasteiger partial charge in [-0.15, -0.1) is 0 Å². The van der Waals surface area contributed by atoms with Gasteiger partial charge in [-0.1, -0.05) is 62.4 Å². The minimum atomic E-state index is -0.775. The second-order valence-corrected chi connectivity index (χ2v) is 18.3. The Morgan fingerprint density at radius 3 is 1.69 bits per heavy atom. The summed E-state index contributed by atoms with van der Waals surface area (Å²) in [6.07, 6.45) is 9.29. The van der Waals surface area contributed by atoms with Gasteiger partial charge in [-0.2, -0.15) is 0 Å². The van der Waals surface area contributed by atoms with Crippen LogP contribution in [0.5, 0.6) is 23.3 Å². The SMILES string of the molecule is COc1cc(-c2ccc(C3COc4ccc([C@H](C5CC5)[C@H](C)C(=O)O)cc4C3)c(F)c2)ccn1.COc1cc(-c2ccc(CCc3cc([C@H](C4CC4)[C@H](C)C(=O)O)ccc3OC)c(F)c2)ccn1. The monoisotopic (exact) mass is 924 g/mol. The van der Waals surface area contributed by atoms with E-state index in [1.807, 2.05) is 60.7 Å².